The van der Waals surface area contributed by atoms with Gasteiger partial charge in [-0.15, -0.1) is 22.7 Å². The number of rotatable bonds is 5. The number of aromatic nitrogens is 2. The quantitative estimate of drug-likeness (QED) is 0.874. The minimum absolute atomic E-state index is 0.324. The maximum Gasteiger partial charge on any atom is 0.183 e. The Morgan fingerprint density at radius 2 is 1.71 bits per heavy atom. The van der Waals surface area contributed by atoms with Crippen LogP contribution in [0.2, 0.25) is 0 Å². The summed E-state index contributed by atoms with van der Waals surface area (Å²) in [6.07, 6.45) is 0. The first-order chi connectivity index (χ1) is 8.13. The molecule has 6 heteroatoms. The molecule has 0 spiro atoms. The Kier molecular flexibility index (Phi) is 3.96. The van der Waals surface area contributed by atoms with Crippen LogP contribution in [0.4, 0.5) is 10.3 Å². The largest absolute Gasteiger partial charge is 0.359 e. The van der Waals surface area contributed by atoms with Crippen LogP contribution >= 0.6 is 22.7 Å². The van der Waals surface area contributed by atoms with Gasteiger partial charge in [-0.3, -0.25) is 0 Å². The van der Waals surface area contributed by atoms with E-state index in [1.807, 2.05) is 24.6 Å². The van der Waals surface area contributed by atoms with Crippen molar-refractivity contribution in [2.45, 2.75) is 26.8 Å². The molecule has 2 heterocycles. The summed E-state index contributed by atoms with van der Waals surface area (Å²) in [4.78, 5) is 8.74. The van der Waals surface area contributed by atoms with E-state index in [4.69, 9.17) is 0 Å². The summed E-state index contributed by atoms with van der Waals surface area (Å²) < 4.78 is 0. The third-order valence-corrected chi connectivity index (χ3v) is 3.98. The van der Waals surface area contributed by atoms with E-state index in [-0.39, 0.29) is 0 Å². The van der Waals surface area contributed by atoms with Crippen LogP contribution in [-0.4, -0.2) is 22.6 Å². The maximum atomic E-state index is 4.38. The lowest BCUT2D eigenvalue weighted by molar-refractivity contribution is 0.831. The average Bonchev–Trinajstić information content (AvgIpc) is 2.85. The van der Waals surface area contributed by atoms with Crippen molar-refractivity contribution in [1.29, 1.82) is 0 Å². The zero-order valence-corrected chi connectivity index (χ0v) is 11.8. The third kappa shape index (κ3) is 3.67. The first-order valence-corrected chi connectivity index (χ1v) is 7.24. The van der Waals surface area contributed by atoms with Crippen molar-refractivity contribution in [3.05, 3.63) is 22.1 Å². The van der Waals surface area contributed by atoms with Crippen LogP contribution < -0.4 is 10.6 Å². The Hall–Kier alpha value is -1.14. The summed E-state index contributed by atoms with van der Waals surface area (Å²) in [6, 6.07) is 0.324. The predicted octanol–water partition coefficient (Wildman–Crippen LogP) is 3.13. The molecule has 0 aliphatic carbocycles. The molecule has 0 radical (unpaired) electrons. The molecular formula is C11H16N4S2. The summed E-state index contributed by atoms with van der Waals surface area (Å²) in [5.74, 6) is 0. The van der Waals surface area contributed by atoms with Crippen LogP contribution in [0.5, 0.6) is 0 Å². The maximum absolute atomic E-state index is 4.38. The van der Waals surface area contributed by atoms with Crippen molar-refractivity contribution < 1.29 is 0 Å². The molecule has 0 saturated carbocycles. The molecular weight excluding hydrogens is 252 g/mol. The van der Waals surface area contributed by atoms with Gasteiger partial charge in [0.25, 0.3) is 0 Å². The molecule has 0 fully saturated rings. The summed E-state index contributed by atoms with van der Waals surface area (Å²) in [5, 5.41) is 12.7. The topological polar surface area (TPSA) is 49.8 Å². The van der Waals surface area contributed by atoms with E-state index in [0.29, 0.717) is 6.04 Å². The molecule has 1 atom stereocenters. The smallest absolute Gasteiger partial charge is 0.183 e. The minimum atomic E-state index is 0.324. The number of nitrogens with zero attached hydrogens (tertiary/aromatic N) is 2. The standard InChI is InChI=1S/C11H16N4S2/c1-7(13-11-15-9(3)6-17-11)4-12-10-14-8(2)5-16-10/h5-7H,4H2,1-3H3,(H,12,14)(H,13,15)/t7-/m0/s1. The Balaban J connectivity index is 1.79. The highest BCUT2D eigenvalue weighted by molar-refractivity contribution is 7.14. The fraction of sp³-hybridized carbons (Fsp3) is 0.455. The van der Waals surface area contributed by atoms with Crippen LogP contribution in [0.25, 0.3) is 0 Å². The average molecular weight is 268 g/mol. The monoisotopic (exact) mass is 268 g/mol. The first kappa shape index (κ1) is 12.3. The van der Waals surface area contributed by atoms with Crippen LogP contribution in [-0.2, 0) is 0 Å². The number of hydrogen-bond donors (Lipinski definition) is 2. The van der Waals surface area contributed by atoms with E-state index in [1.54, 1.807) is 22.7 Å². The van der Waals surface area contributed by atoms with Crippen LogP contribution in [0, 0.1) is 13.8 Å². The second kappa shape index (κ2) is 5.46. The molecule has 92 valence electrons. The normalized spacial score (nSPS) is 12.4. The Bertz CT molecular complexity index is 477. The first-order valence-electron chi connectivity index (χ1n) is 5.48. The fourth-order valence-corrected chi connectivity index (χ4v) is 2.86. The molecule has 0 amide bonds. The van der Waals surface area contributed by atoms with Gasteiger partial charge in [0.15, 0.2) is 10.3 Å². The van der Waals surface area contributed by atoms with Gasteiger partial charge in [-0.1, -0.05) is 0 Å². The summed E-state index contributed by atoms with van der Waals surface area (Å²) in [7, 11) is 0. The van der Waals surface area contributed by atoms with Gasteiger partial charge in [-0.05, 0) is 20.8 Å². The molecule has 2 aromatic heterocycles. The number of aryl methyl sites for hydroxylation is 2. The molecule has 0 unspecified atom stereocenters. The highest BCUT2D eigenvalue weighted by atomic mass is 32.1. The molecule has 4 nitrogen and oxygen atoms in total. The molecule has 2 aromatic rings. The lowest BCUT2D eigenvalue weighted by Gasteiger charge is -2.13. The van der Waals surface area contributed by atoms with Crippen molar-refractivity contribution >= 4 is 32.9 Å². The van der Waals surface area contributed by atoms with Gasteiger partial charge in [0.1, 0.15) is 0 Å². The van der Waals surface area contributed by atoms with Gasteiger partial charge in [0, 0.05) is 23.3 Å². The molecule has 0 aromatic carbocycles. The fourth-order valence-electron chi connectivity index (χ4n) is 1.36. The van der Waals surface area contributed by atoms with E-state index in [2.05, 4.69) is 27.5 Å². The molecule has 0 aliphatic heterocycles. The lowest BCUT2D eigenvalue weighted by atomic mass is 10.3. The van der Waals surface area contributed by atoms with E-state index >= 15 is 0 Å². The minimum Gasteiger partial charge on any atom is -0.359 e. The molecule has 0 aliphatic rings. The zero-order chi connectivity index (χ0) is 12.3. The van der Waals surface area contributed by atoms with Gasteiger partial charge in [-0.2, -0.15) is 0 Å². The van der Waals surface area contributed by atoms with Crippen molar-refractivity contribution in [3.8, 4) is 0 Å². The van der Waals surface area contributed by atoms with Gasteiger partial charge in [0.05, 0.1) is 11.4 Å². The Labute approximate surface area is 109 Å². The summed E-state index contributed by atoms with van der Waals surface area (Å²) in [6.45, 7) is 6.97. The highest BCUT2D eigenvalue weighted by Gasteiger charge is 2.05. The number of anilines is 2. The van der Waals surface area contributed by atoms with Crippen LogP contribution in [0.3, 0.4) is 0 Å². The van der Waals surface area contributed by atoms with E-state index in [9.17, 15) is 0 Å². The Morgan fingerprint density at radius 1 is 1.12 bits per heavy atom. The van der Waals surface area contributed by atoms with Gasteiger partial charge >= 0.3 is 0 Å². The van der Waals surface area contributed by atoms with Crippen molar-refractivity contribution in [3.63, 3.8) is 0 Å². The van der Waals surface area contributed by atoms with E-state index < -0.39 is 0 Å². The lowest BCUT2D eigenvalue weighted by Crippen LogP contribution is -2.24. The third-order valence-electron chi connectivity index (χ3n) is 2.17. The second-order valence-electron chi connectivity index (χ2n) is 4.01. The van der Waals surface area contributed by atoms with Crippen molar-refractivity contribution in [2.75, 3.05) is 17.2 Å². The van der Waals surface area contributed by atoms with Crippen molar-refractivity contribution in [1.82, 2.24) is 9.97 Å². The van der Waals surface area contributed by atoms with Gasteiger partial charge < -0.3 is 10.6 Å². The molecule has 17 heavy (non-hydrogen) atoms. The summed E-state index contributed by atoms with van der Waals surface area (Å²) >= 11 is 3.28. The number of nitrogens with one attached hydrogen (secondary N) is 2. The SMILES string of the molecule is Cc1csc(NC[C@H](C)Nc2nc(C)cs2)n1. The van der Waals surface area contributed by atoms with E-state index in [1.165, 1.54) is 0 Å². The molecule has 2 N–H and O–H groups in total. The van der Waals surface area contributed by atoms with Crippen molar-refractivity contribution in [2.24, 2.45) is 0 Å². The molecule has 0 saturated heterocycles. The Morgan fingerprint density at radius 3 is 2.24 bits per heavy atom. The zero-order valence-electron chi connectivity index (χ0n) is 10.2. The highest BCUT2D eigenvalue weighted by Crippen LogP contribution is 2.17. The van der Waals surface area contributed by atoms with Gasteiger partial charge in [-0.25, -0.2) is 9.97 Å². The number of thiazole rings is 2. The molecule has 2 rings (SSSR count). The summed E-state index contributed by atoms with van der Waals surface area (Å²) in [5.41, 5.74) is 2.13. The predicted molar refractivity (Wildman–Crippen MR) is 75.3 cm³/mol. The number of hydrogen-bond acceptors (Lipinski definition) is 6. The van der Waals surface area contributed by atoms with E-state index in [0.717, 1.165) is 28.2 Å². The second-order valence-corrected chi connectivity index (χ2v) is 5.73. The van der Waals surface area contributed by atoms with Crippen LogP contribution in [0.1, 0.15) is 18.3 Å². The molecule has 0 bridgehead atoms. The van der Waals surface area contributed by atoms with Crippen LogP contribution in [0.15, 0.2) is 10.8 Å². The van der Waals surface area contributed by atoms with Gasteiger partial charge in [0.2, 0.25) is 0 Å².